The van der Waals surface area contributed by atoms with E-state index in [1.165, 1.54) is 30.0 Å². The van der Waals surface area contributed by atoms with Crippen LogP contribution in [0.5, 0.6) is 5.75 Å². The Morgan fingerprint density at radius 2 is 1.86 bits per heavy atom. The van der Waals surface area contributed by atoms with E-state index in [-0.39, 0.29) is 17.9 Å². The molecule has 146 valence electrons. The smallest absolute Gasteiger partial charge is 0.344 e. The maximum Gasteiger partial charge on any atom is 0.344 e. The average Bonchev–Trinajstić information content (AvgIpc) is 3.09. The predicted octanol–water partition coefficient (Wildman–Crippen LogP) is 3.72. The van der Waals surface area contributed by atoms with Crippen molar-refractivity contribution in [2.24, 2.45) is 11.8 Å². The number of hydrogen-bond donors (Lipinski definition) is 0. The topological polar surface area (TPSA) is 64.4 Å². The van der Waals surface area contributed by atoms with Crippen LogP contribution in [0.25, 0.3) is 0 Å². The number of Topliss-reactive ketones (excluding diaryl/α,β-unsaturated/α-hetero) is 1. The van der Waals surface area contributed by atoms with E-state index in [1.54, 1.807) is 12.3 Å². The van der Waals surface area contributed by atoms with Gasteiger partial charge in [0.25, 0.3) is 0 Å². The number of rotatable bonds is 4. The van der Waals surface area contributed by atoms with E-state index in [4.69, 9.17) is 4.74 Å². The second kappa shape index (κ2) is 6.76. The minimum absolute atomic E-state index is 0.129. The van der Waals surface area contributed by atoms with Crippen LogP contribution in [0.4, 0.5) is 4.79 Å². The van der Waals surface area contributed by atoms with Crippen molar-refractivity contribution in [1.29, 1.82) is 0 Å². The van der Waals surface area contributed by atoms with Crippen molar-refractivity contribution in [2.45, 2.75) is 44.6 Å². The number of benzene rings is 1. The lowest BCUT2D eigenvalue weighted by Gasteiger charge is -2.20. The second-order valence-electron chi connectivity index (χ2n) is 8.47. The van der Waals surface area contributed by atoms with E-state index in [2.05, 4.69) is 29.4 Å². The molecule has 2 saturated carbocycles. The molecule has 1 aliphatic heterocycles. The fourth-order valence-electron chi connectivity index (χ4n) is 4.71. The molecule has 3 atom stereocenters. The zero-order valence-electron chi connectivity index (χ0n) is 16.1. The molecule has 1 aromatic heterocycles. The summed E-state index contributed by atoms with van der Waals surface area (Å²) >= 11 is 0. The Morgan fingerprint density at radius 1 is 1.11 bits per heavy atom. The van der Waals surface area contributed by atoms with Crippen molar-refractivity contribution in [3.63, 3.8) is 0 Å². The van der Waals surface area contributed by atoms with Gasteiger partial charge in [0.1, 0.15) is 11.4 Å². The maximum atomic E-state index is 12.7. The highest BCUT2D eigenvalue weighted by atomic mass is 16.5. The number of nitrogens with zero attached hydrogens (tertiary/aromatic N) is 3. The standard InChI is InChI=1S/C22H25N3O3/c1-14(26)21-7-8-25(23-21)22(27)24-12-17-10-20(11-18(17)13-24)28-19-4-2-3-16(9-19)15-5-6-15/h2-4,7-9,15,17-18,20H,5-6,10-13H2,1H3/t17-,18+,20?. The molecule has 1 aromatic carbocycles. The van der Waals surface area contributed by atoms with Crippen LogP contribution in [-0.2, 0) is 0 Å². The normalized spacial score (nSPS) is 26.3. The number of aromatic nitrogens is 2. The van der Waals surface area contributed by atoms with Gasteiger partial charge in [-0.1, -0.05) is 12.1 Å². The summed E-state index contributed by atoms with van der Waals surface area (Å²) in [7, 11) is 0. The molecule has 0 spiro atoms. The molecule has 5 rings (SSSR count). The molecule has 1 amide bonds. The van der Waals surface area contributed by atoms with E-state index in [0.29, 0.717) is 17.5 Å². The van der Waals surface area contributed by atoms with Gasteiger partial charge in [0.15, 0.2) is 5.78 Å². The number of likely N-dealkylation sites (tertiary alicyclic amines) is 1. The molecule has 2 heterocycles. The summed E-state index contributed by atoms with van der Waals surface area (Å²) in [6.07, 6.45) is 6.37. The molecule has 1 unspecified atom stereocenters. The minimum atomic E-state index is -0.142. The molecule has 6 nitrogen and oxygen atoms in total. The van der Waals surface area contributed by atoms with Crippen molar-refractivity contribution in [1.82, 2.24) is 14.7 Å². The molecule has 6 heteroatoms. The van der Waals surface area contributed by atoms with Crippen molar-refractivity contribution < 1.29 is 14.3 Å². The Balaban J connectivity index is 1.18. The van der Waals surface area contributed by atoms with Crippen LogP contribution in [0.3, 0.4) is 0 Å². The maximum absolute atomic E-state index is 12.7. The largest absolute Gasteiger partial charge is 0.490 e. The lowest BCUT2D eigenvalue weighted by atomic mass is 10.0. The van der Waals surface area contributed by atoms with E-state index in [9.17, 15) is 9.59 Å². The van der Waals surface area contributed by atoms with E-state index in [1.807, 2.05) is 4.90 Å². The lowest BCUT2D eigenvalue weighted by molar-refractivity contribution is 0.101. The van der Waals surface area contributed by atoms with Crippen molar-refractivity contribution in [3.8, 4) is 5.75 Å². The Kier molecular flexibility index (Phi) is 4.22. The molecule has 1 saturated heterocycles. The van der Waals surface area contributed by atoms with Crippen molar-refractivity contribution >= 4 is 11.8 Å². The first-order chi connectivity index (χ1) is 13.6. The van der Waals surface area contributed by atoms with Gasteiger partial charge in [-0.15, -0.1) is 0 Å². The molecule has 28 heavy (non-hydrogen) atoms. The van der Waals surface area contributed by atoms with Gasteiger partial charge in [-0.2, -0.15) is 9.78 Å². The van der Waals surface area contributed by atoms with Gasteiger partial charge in [-0.25, -0.2) is 4.79 Å². The summed E-state index contributed by atoms with van der Waals surface area (Å²) in [6, 6.07) is 10.0. The third-order valence-corrected chi connectivity index (χ3v) is 6.33. The summed E-state index contributed by atoms with van der Waals surface area (Å²) in [4.78, 5) is 25.9. The Morgan fingerprint density at radius 3 is 2.50 bits per heavy atom. The van der Waals surface area contributed by atoms with E-state index in [0.717, 1.165) is 37.6 Å². The van der Waals surface area contributed by atoms with Gasteiger partial charge < -0.3 is 9.64 Å². The molecule has 2 aliphatic carbocycles. The molecular formula is C22H25N3O3. The number of fused-ring (bicyclic) bond motifs is 1. The minimum Gasteiger partial charge on any atom is -0.490 e. The van der Waals surface area contributed by atoms with Gasteiger partial charge in [-0.3, -0.25) is 4.79 Å². The van der Waals surface area contributed by atoms with Gasteiger partial charge in [0, 0.05) is 26.2 Å². The highest BCUT2D eigenvalue weighted by molar-refractivity contribution is 5.92. The van der Waals surface area contributed by atoms with Gasteiger partial charge in [0.2, 0.25) is 0 Å². The van der Waals surface area contributed by atoms with Crippen LogP contribution in [-0.4, -0.2) is 45.7 Å². The Hall–Kier alpha value is -2.63. The summed E-state index contributed by atoms with van der Waals surface area (Å²) in [5.41, 5.74) is 1.73. The van der Waals surface area contributed by atoms with Crippen molar-refractivity contribution in [3.05, 3.63) is 47.8 Å². The second-order valence-corrected chi connectivity index (χ2v) is 8.47. The summed E-state index contributed by atoms with van der Waals surface area (Å²) in [5.74, 6) is 2.54. The fourth-order valence-corrected chi connectivity index (χ4v) is 4.71. The molecular weight excluding hydrogens is 354 g/mol. The average molecular weight is 379 g/mol. The number of hydrogen-bond acceptors (Lipinski definition) is 4. The fraction of sp³-hybridized carbons (Fsp3) is 0.500. The first-order valence-electron chi connectivity index (χ1n) is 10.2. The third-order valence-electron chi connectivity index (χ3n) is 6.33. The number of amides is 1. The molecule has 0 bridgehead atoms. The molecule has 2 aromatic rings. The van der Waals surface area contributed by atoms with Crippen LogP contribution < -0.4 is 4.74 Å². The first-order valence-corrected chi connectivity index (χ1v) is 10.2. The molecule has 3 aliphatic rings. The number of ketones is 1. The molecule has 0 radical (unpaired) electrons. The third kappa shape index (κ3) is 3.32. The monoisotopic (exact) mass is 379 g/mol. The molecule has 0 N–H and O–H groups in total. The lowest BCUT2D eigenvalue weighted by Crippen LogP contribution is -2.34. The van der Waals surface area contributed by atoms with Crippen LogP contribution in [0.15, 0.2) is 36.5 Å². The van der Waals surface area contributed by atoms with E-state index < -0.39 is 0 Å². The zero-order chi connectivity index (χ0) is 19.3. The molecule has 3 fully saturated rings. The summed E-state index contributed by atoms with van der Waals surface area (Å²) < 4.78 is 7.57. The zero-order valence-corrected chi connectivity index (χ0v) is 16.1. The highest BCUT2D eigenvalue weighted by Gasteiger charge is 2.43. The number of carbonyl (C=O) groups excluding carboxylic acids is 2. The summed E-state index contributed by atoms with van der Waals surface area (Å²) in [5, 5.41) is 4.10. The van der Waals surface area contributed by atoms with Gasteiger partial charge in [0.05, 0.1) is 6.10 Å². The number of ether oxygens (including phenoxy) is 1. The van der Waals surface area contributed by atoms with Gasteiger partial charge >= 0.3 is 6.03 Å². The van der Waals surface area contributed by atoms with E-state index >= 15 is 0 Å². The predicted molar refractivity (Wildman–Crippen MR) is 104 cm³/mol. The Labute approximate surface area is 164 Å². The quantitative estimate of drug-likeness (QED) is 0.760. The number of carbonyl (C=O) groups is 2. The van der Waals surface area contributed by atoms with Crippen LogP contribution in [0.2, 0.25) is 0 Å². The van der Waals surface area contributed by atoms with Gasteiger partial charge in [-0.05, 0) is 67.2 Å². The summed E-state index contributed by atoms with van der Waals surface area (Å²) in [6.45, 7) is 2.93. The first kappa shape index (κ1) is 17.5. The van der Waals surface area contributed by atoms with Crippen LogP contribution in [0.1, 0.15) is 54.6 Å². The highest BCUT2D eigenvalue weighted by Crippen LogP contribution is 2.42. The Bertz CT molecular complexity index is 903. The SMILES string of the molecule is CC(=O)c1ccn(C(=O)N2C[C@H]3CC(Oc4cccc(C5CC5)c4)C[C@H]3C2)n1. The van der Waals surface area contributed by atoms with Crippen molar-refractivity contribution in [2.75, 3.05) is 13.1 Å². The van der Waals surface area contributed by atoms with Crippen LogP contribution in [0, 0.1) is 11.8 Å². The van der Waals surface area contributed by atoms with Crippen LogP contribution >= 0.6 is 0 Å².